The van der Waals surface area contributed by atoms with Crippen molar-refractivity contribution in [3.63, 3.8) is 0 Å². The van der Waals surface area contributed by atoms with Crippen LogP contribution in [0.2, 0.25) is 0 Å². The summed E-state index contributed by atoms with van der Waals surface area (Å²) in [5.74, 6) is 1.73. The molecule has 0 aliphatic carbocycles. The molecular formula is C18H30N2O3S. The van der Waals surface area contributed by atoms with Crippen LogP contribution in [0.4, 0.5) is 0 Å². The van der Waals surface area contributed by atoms with E-state index in [1.807, 2.05) is 18.2 Å². The Kier molecular flexibility index (Phi) is 6.66. The molecule has 0 unspecified atom stereocenters. The second-order valence-electron chi connectivity index (χ2n) is 6.97. The van der Waals surface area contributed by atoms with Gasteiger partial charge in [0, 0.05) is 25.7 Å². The van der Waals surface area contributed by atoms with Gasteiger partial charge in [-0.05, 0) is 29.9 Å². The Morgan fingerprint density at radius 3 is 2.62 bits per heavy atom. The first-order valence-electron chi connectivity index (χ1n) is 8.70. The molecule has 2 rings (SSSR count). The Bertz CT molecular complexity index is 631. The third kappa shape index (κ3) is 5.46. The van der Waals surface area contributed by atoms with Crippen molar-refractivity contribution in [3.8, 4) is 5.75 Å². The highest BCUT2D eigenvalue weighted by atomic mass is 32.2. The normalized spacial score (nSPS) is 22.2. The van der Waals surface area contributed by atoms with Crippen molar-refractivity contribution in [1.82, 2.24) is 9.62 Å². The smallest absolute Gasteiger partial charge is 0.209 e. The summed E-state index contributed by atoms with van der Waals surface area (Å²) in [6.07, 6.45) is 2.19. The average Bonchev–Trinajstić information content (AvgIpc) is 2.88. The zero-order chi connectivity index (χ0) is 17.7. The summed E-state index contributed by atoms with van der Waals surface area (Å²) < 4.78 is 31.9. The van der Waals surface area contributed by atoms with Crippen LogP contribution in [0.5, 0.6) is 5.75 Å². The van der Waals surface area contributed by atoms with Crippen LogP contribution in [0.15, 0.2) is 24.3 Å². The lowest BCUT2D eigenvalue weighted by atomic mass is 9.92. The fourth-order valence-corrected chi connectivity index (χ4v) is 4.19. The van der Waals surface area contributed by atoms with Crippen molar-refractivity contribution in [2.45, 2.75) is 33.2 Å². The standard InChI is InChI=1S/C18H30N2O3S/c1-5-15-8-6-7-9-18(15)23-11-10-20-12-16(14(2)3)17(13-20)19-24(4,21)22/h6-9,14,16-17,19H,5,10-13H2,1-4H3/t16-,17+/m0/s1. The van der Waals surface area contributed by atoms with E-state index in [2.05, 4.69) is 36.5 Å². The molecule has 0 aromatic heterocycles. The highest BCUT2D eigenvalue weighted by Gasteiger charge is 2.35. The van der Waals surface area contributed by atoms with Crippen LogP contribution in [0, 0.1) is 11.8 Å². The fraction of sp³-hybridized carbons (Fsp3) is 0.667. The van der Waals surface area contributed by atoms with Crippen molar-refractivity contribution < 1.29 is 13.2 Å². The van der Waals surface area contributed by atoms with Crippen LogP contribution in [0.1, 0.15) is 26.3 Å². The maximum atomic E-state index is 11.6. The molecule has 1 saturated heterocycles. The lowest BCUT2D eigenvalue weighted by Crippen LogP contribution is -2.41. The molecule has 0 bridgehead atoms. The van der Waals surface area contributed by atoms with E-state index in [4.69, 9.17) is 4.74 Å². The Morgan fingerprint density at radius 2 is 2.00 bits per heavy atom. The number of likely N-dealkylation sites (tertiary alicyclic amines) is 1. The number of rotatable bonds is 8. The number of para-hydroxylation sites is 1. The van der Waals surface area contributed by atoms with Crippen LogP contribution in [-0.4, -0.2) is 51.9 Å². The lowest BCUT2D eigenvalue weighted by molar-refractivity contribution is 0.226. The molecule has 1 fully saturated rings. The van der Waals surface area contributed by atoms with E-state index in [0.717, 1.165) is 31.8 Å². The predicted molar refractivity (Wildman–Crippen MR) is 97.9 cm³/mol. The number of sulfonamides is 1. The second kappa shape index (κ2) is 8.32. The Hall–Kier alpha value is -1.11. The first-order valence-corrected chi connectivity index (χ1v) is 10.6. The molecule has 2 atom stereocenters. The molecule has 5 nitrogen and oxygen atoms in total. The zero-order valence-corrected chi connectivity index (χ0v) is 16.0. The SMILES string of the molecule is CCc1ccccc1OCCN1C[C@@H](NS(C)(=O)=O)[C@H](C(C)C)C1. The van der Waals surface area contributed by atoms with E-state index in [9.17, 15) is 8.42 Å². The van der Waals surface area contributed by atoms with Crippen molar-refractivity contribution in [3.05, 3.63) is 29.8 Å². The minimum Gasteiger partial charge on any atom is -0.492 e. The van der Waals surface area contributed by atoms with Crippen molar-refractivity contribution in [2.75, 3.05) is 32.5 Å². The van der Waals surface area contributed by atoms with Gasteiger partial charge in [0.15, 0.2) is 0 Å². The Labute approximate surface area is 146 Å². The summed E-state index contributed by atoms with van der Waals surface area (Å²) in [6, 6.07) is 8.11. The fourth-order valence-electron chi connectivity index (χ4n) is 3.39. The lowest BCUT2D eigenvalue weighted by Gasteiger charge is -2.21. The van der Waals surface area contributed by atoms with E-state index in [0.29, 0.717) is 18.4 Å². The quantitative estimate of drug-likeness (QED) is 0.777. The molecule has 136 valence electrons. The number of ether oxygens (including phenoxy) is 1. The largest absolute Gasteiger partial charge is 0.492 e. The molecule has 0 amide bonds. The van der Waals surface area contributed by atoms with Gasteiger partial charge in [-0.25, -0.2) is 13.1 Å². The molecule has 1 aliphatic heterocycles. The number of nitrogens with zero attached hydrogens (tertiary/aromatic N) is 1. The van der Waals surface area contributed by atoms with Gasteiger partial charge in [0.25, 0.3) is 0 Å². The summed E-state index contributed by atoms with van der Waals surface area (Å²) in [5, 5.41) is 0. The maximum absolute atomic E-state index is 11.6. The molecule has 0 spiro atoms. The molecular weight excluding hydrogens is 324 g/mol. The number of hydrogen-bond donors (Lipinski definition) is 1. The molecule has 0 saturated carbocycles. The summed E-state index contributed by atoms with van der Waals surface area (Å²) in [4.78, 5) is 2.29. The third-order valence-corrected chi connectivity index (χ3v) is 5.41. The van der Waals surface area contributed by atoms with Crippen LogP contribution in [-0.2, 0) is 16.4 Å². The van der Waals surface area contributed by atoms with Crippen molar-refractivity contribution >= 4 is 10.0 Å². The maximum Gasteiger partial charge on any atom is 0.209 e. The summed E-state index contributed by atoms with van der Waals surface area (Å²) in [5.41, 5.74) is 1.22. The molecule has 1 aromatic rings. The summed E-state index contributed by atoms with van der Waals surface area (Å²) in [7, 11) is -3.18. The van der Waals surface area contributed by atoms with Crippen molar-refractivity contribution in [2.24, 2.45) is 11.8 Å². The topological polar surface area (TPSA) is 58.6 Å². The van der Waals surface area contributed by atoms with E-state index >= 15 is 0 Å². The van der Waals surface area contributed by atoms with Crippen LogP contribution in [0.3, 0.4) is 0 Å². The average molecular weight is 355 g/mol. The van der Waals surface area contributed by atoms with Gasteiger partial charge in [-0.3, -0.25) is 4.90 Å². The monoisotopic (exact) mass is 354 g/mol. The van der Waals surface area contributed by atoms with Crippen LogP contribution < -0.4 is 9.46 Å². The molecule has 1 aliphatic rings. The Balaban J connectivity index is 1.89. The first kappa shape index (κ1) is 19.2. The summed E-state index contributed by atoms with van der Waals surface area (Å²) >= 11 is 0. The Morgan fingerprint density at radius 1 is 1.29 bits per heavy atom. The van der Waals surface area contributed by atoms with Crippen LogP contribution >= 0.6 is 0 Å². The molecule has 0 radical (unpaired) electrons. The highest BCUT2D eigenvalue weighted by Crippen LogP contribution is 2.25. The van der Waals surface area contributed by atoms with Gasteiger partial charge >= 0.3 is 0 Å². The molecule has 1 heterocycles. The van der Waals surface area contributed by atoms with Gasteiger partial charge in [0.1, 0.15) is 12.4 Å². The van der Waals surface area contributed by atoms with Gasteiger partial charge in [-0.15, -0.1) is 0 Å². The predicted octanol–water partition coefficient (Wildman–Crippen LogP) is 2.13. The van der Waals surface area contributed by atoms with Gasteiger partial charge in [-0.2, -0.15) is 0 Å². The van der Waals surface area contributed by atoms with E-state index in [1.54, 1.807) is 0 Å². The van der Waals surface area contributed by atoms with E-state index in [1.165, 1.54) is 11.8 Å². The highest BCUT2D eigenvalue weighted by molar-refractivity contribution is 7.88. The van der Waals surface area contributed by atoms with Gasteiger partial charge in [0.2, 0.25) is 10.0 Å². The van der Waals surface area contributed by atoms with Crippen molar-refractivity contribution in [1.29, 1.82) is 0 Å². The zero-order valence-electron chi connectivity index (χ0n) is 15.2. The number of aryl methyl sites for hydroxylation is 1. The first-order chi connectivity index (χ1) is 11.3. The minimum atomic E-state index is -3.18. The van der Waals surface area contributed by atoms with Gasteiger partial charge in [0.05, 0.1) is 6.26 Å². The third-order valence-electron chi connectivity index (χ3n) is 4.68. The van der Waals surface area contributed by atoms with Gasteiger partial charge < -0.3 is 4.74 Å². The van der Waals surface area contributed by atoms with Crippen LogP contribution in [0.25, 0.3) is 0 Å². The van der Waals surface area contributed by atoms with E-state index < -0.39 is 10.0 Å². The number of benzene rings is 1. The number of nitrogens with one attached hydrogen (secondary N) is 1. The molecule has 1 N–H and O–H groups in total. The molecule has 1 aromatic carbocycles. The molecule has 24 heavy (non-hydrogen) atoms. The van der Waals surface area contributed by atoms with E-state index in [-0.39, 0.29) is 6.04 Å². The second-order valence-corrected chi connectivity index (χ2v) is 8.75. The van der Waals surface area contributed by atoms with Gasteiger partial charge in [-0.1, -0.05) is 39.0 Å². The number of hydrogen-bond acceptors (Lipinski definition) is 4. The minimum absolute atomic E-state index is 0.0112. The summed E-state index contributed by atoms with van der Waals surface area (Å²) in [6.45, 7) is 9.50. The molecule has 6 heteroatoms.